The van der Waals surface area contributed by atoms with Crippen LogP contribution in [0.15, 0.2) is 18.2 Å². The summed E-state index contributed by atoms with van der Waals surface area (Å²) in [5, 5.41) is 9.01. The zero-order valence-corrected chi connectivity index (χ0v) is 6.79. The van der Waals surface area contributed by atoms with Crippen LogP contribution in [0.3, 0.4) is 0 Å². The van der Waals surface area contributed by atoms with Crippen molar-refractivity contribution in [3.63, 3.8) is 0 Å². The van der Waals surface area contributed by atoms with E-state index in [1.165, 1.54) is 0 Å². The van der Waals surface area contributed by atoms with Gasteiger partial charge >= 0.3 is 0 Å². The van der Waals surface area contributed by atoms with E-state index in [-0.39, 0.29) is 5.75 Å². The number of halogens is 1. The summed E-state index contributed by atoms with van der Waals surface area (Å²) in [7, 11) is 0. The molecule has 0 bridgehead atoms. The lowest BCUT2D eigenvalue weighted by Gasteiger charge is -1.97. The van der Waals surface area contributed by atoms with E-state index in [0.717, 1.165) is 3.57 Å². The summed E-state index contributed by atoms with van der Waals surface area (Å²) >= 11 is 1.99. The van der Waals surface area contributed by atoms with Crippen molar-refractivity contribution in [1.82, 2.24) is 0 Å². The summed E-state index contributed by atoms with van der Waals surface area (Å²) in [6, 6.07) is 5.08. The van der Waals surface area contributed by atoms with Gasteiger partial charge in [0.2, 0.25) is 0 Å². The zero-order chi connectivity index (χ0) is 6.85. The minimum Gasteiger partial charge on any atom is -0.507 e. The molecule has 1 aromatic rings. The Morgan fingerprint density at radius 2 is 2.11 bits per heavy atom. The normalized spacial score (nSPS) is 9.44. The van der Waals surface area contributed by atoms with E-state index in [0.29, 0.717) is 5.69 Å². The molecule has 0 atom stereocenters. The second-order valence-electron chi connectivity index (χ2n) is 1.68. The van der Waals surface area contributed by atoms with Crippen molar-refractivity contribution in [3.05, 3.63) is 21.8 Å². The number of aromatic hydroxyl groups is 1. The van der Waals surface area contributed by atoms with E-state index in [9.17, 15) is 0 Å². The first-order chi connectivity index (χ1) is 4.22. The van der Waals surface area contributed by atoms with Crippen molar-refractivity contribution in [2.75, 3.05) is 5.73 Å². The fraction of sp³-hybridized carbons (Fsp3) is 0. The van der Waals surface area contributed by atoms with Crippen LogP contribution in [-0.4, -0.2) is 5.11 Å². The van der Waals surface area contributed by atoms with Crippen LogP contribution >= 0.6 is 22.6 Å². The van der Waals surface area contributed by atoms with Gasteiger partial charge in [-0.3, -0.25) is 0 Å². The minimum atomic E-state index is 0.246. The van der Waals surface area contributed by atoms with Crippen LogP contribution in [0.4, 0.5) is 5.69 Å². The summed E-state index contributed by atoms with van der Waals surface area (Å²) < 4.78 is 0.718. The Kier molecular flexibility index (Phi) is 1.80. The van der Waals surface area contributed by atoms with Gasteiger partial charge in [0.1, 0.15) is 5.75 Å². The molecule has 1 aromatic carbocycles. The molecule has 48 valence electrons. The molecule has 2 nitrogen and oxygen atoms in total. The van der Waals surface area contributed by atoms with Gasteiger partial charge < -0.3 is 10.8 Å². The summed E-state index contributed by atoms with van der Waals surface area (Å²) in [6.45, 7) is 0. The molecule has 0 saturated carbocycles. The molecule has 3 heteroatoms. The van der Waals surface area contributed by atoms with Crippen LogP contribution in [0.5, 0.6) is 5.75 Å². The van der Waals surface area contributed by atoms with Gasteiger partial charge in [0.25, 0.3) is 0 Å². The van der Waals surface area contributed by atoms with Crippen LogP contribution in [0.2, 0.25) is 0 Å². The average Bonchev–Trinajstić information content (AvgIpc) is 1.83. The Morgan fingerprint density at radius 1 is 1.44 bits per heavy atom. The lowest BCUT2D eigenvalue weighted by atomic mass is 10.3. The Labute approximate surface area is 66.8 Å². The molecular weight excluding hydrogens is 229 g/mol. The lowest BCUT2D eigenvalue weighted by Crippen LogP contribution is -1.87. The number of hydrogen-bond acceptors (Lipinski definition) is 2. The van der Waals surface area contributed by atoms with Gasteiger partial charge in [-0.2, -0.15) is 0 Å². The van der Waals surface area contributed by atoms with E-state index in [2.05, 4.69) is 0 Å². The SMILES string of the molecule is Nc1cccc(O)c1I. The largest absolute Gasteiger partial charge is 0.507 e. The van der Waals surface area contributed by atoms with Gasteiger partial charge in [0.05, 0.1) is 3.57 Å². The fourth-order valence-electron chi connectivity index (χ4n) is 0.537. The topological polar surface area (TPSA) is 46.2 Å². The zero-order valence-electron chi connectivity index (χ0n) is 4.63. The van der Waals surface area contributed by atoms with E-state index >= 15 is 0 Å². The van der Waals surface area contributed by atoms with Crippen LogP contribution in [0.1, 0.15) is 0 Å². The van der Waals surface area contributed by atoms with Crippen LogP contribution in [0.25, 0.3) is 0 Å². The molecule has 0 heterocycles. The molecule has 0 radical (unpaired) electrons. The van der Waals surface area contributed by atoms with E-state index in [1.807, 2.05) is 22.6 Å². The molecule has 0 aliphatic heterocycles. The molecule has 0 saturated heterocycles. The maximum absolute atomic E-state index is 9.01. The van der Waals surface area contributed by atoms with Crippen molar-refractivity contribution in [2.45, 2.75) is 0 Å². The Hall–Kier alpha value is -0.450. The third-order valence-corrected chi connectivity index (χ3v) is 2.18. The van der Waals surface area contributed by atoms with Crippen molar-refractivity contribution >= 4 is 28.3 Å². The maximum Gasteiger partial charge on any atom is 0.130 e. The van der Waals surface area contributed by atoms with E-state index in [4.69, 9.17) is 10.8 Å². The molecule has 0 aromatic heterocycles. The number of anilines is 1. The summed E-state index contributed by atoms with van der Waals surface area (Å²) in [6.07, 6.45) is 0. The Bertz CT molecular complexity index is 204. The summed E-state index contributed by atoms with van der Waals surface area (Å²) in [5.74, 6) is 0.246. The number of nitrogens with two attached hydrogens (primary N) is 1. The van der Waals surface area contributed by atoms with Gasteiger partial charge in [-0.05, 0) is 34.7 Å². The highest BCUT2D eigenvalue weighted by atomic mass is 127. The predicted molar refractivity (Wildman–Crippen MR) is 45.2 cm³/mol. The summed E-state index contributed by atoms with van der Waals surface area (Å²) in [4.78, 5) is 0. The number of phenols is 1. The second-order valence-corrected chi connectivity index (χ2v) is 2.76. The molecule has 0 fully saturated rings. The van der Waals surface area contributed by atoms with Gasteiger partial charge in [-0.1, -0.05) is 6.07 Å². The van der Waals surface area contributed by atoms with E-state index in [1.54, 1.807) is 18.2 Å². The lowest BCUT2D eigenvalue weighted by molar-refractivity contribution is 0.472. The Balaban J connectivity index is 3.25. The average molecular weight is 235 g/mol. The van der Waals surface area contributed by atoms with Crippen LogP contribution in [0, 0.1) is 3.57 Å². The van der Waals surface area contributed by atoms with Crippen molar-refractivity contribution in [1.29, 1.82) is 0 Å². The number of benzene rings is 1. The van der Waals surface area contributed by atoms with Crippen molar-refractivity contribution < 1.29 is 5.11 Å². The molecule has 0 spiro atoms. The second kappa shape index (κ2) is 2.43. The molecule has 0 amide bonds. The highest BCUT2D eigenvalue weighted by Crippen LogP contribution is 2.23. The molecule has 9 heavy (non-hydrogen) atoms. The quantitative estimate of drug-likeness (QED) is 0.529. The van der Waals surface area contributed by atoms with Crippen molar-refractivity contribution in [3.8, 4) is 5.75 Å². The maximum atomic E-state index is 9.01. The van der Waals surface area contributed by atoms with Crippen LogP contribution in [-0.2, 0) is 0 Å². The van der Waals surface area contributed by atoms with Crippen molar-refractivity contribution in [2.24, 2.45) is 0 Å². The number of nitrogen functional groups attached to an aromatic ring is 1. The molecule has 1 rings (SSSR count). The molecule has 0 unspecified atom stereocenters. The van der Waals surface area contributed by atoms with Gasteiger partial charge in [-0.25, -0.2) is 0 Å². The monoisotopic (exact) mass is 235 g/mol. The Morgan fingerprint density at radius 3 is 2.56 bits per heavy atom. The predicted octanol–water partition coefficient (Wildman–Crippen LogP) is 1.58. The number of rotatable bonds is 0. The van der Waals surface area contributed by atoms with E-state index < -0.39 is 0 Å². The third kappa shape index (κ3) is 1.27. The molecule has 0 aliphatic rings. The molecular formula is C6H6INO. The van der Waals surface area contributed by atoms with Gasteiger partial charge in [0, 0.05) is 5.69 Å². The first-order valence-corrected chi connectivity index (χ1v) is 3.52. The van der Waals surface area contributed by atoms with Gasteiger partial charge in [-0.15, -0.1) is 0 Å². The first-order valence-electron chi connectivity index (χ1n) is 2.45. The van der Waals surface area contributed by atoms with Gasteiger partial charge in [0.15, 0.2) is 0 Å². The molecule has 3 N–H and O–H groups in total. The smallest absolute Gasteiger partial charge is 0.130 e. The van der Waals surface area contributed by atoms with Crippen LogP contribution < -0.4 is 5.73 Å². The minimum absolute atomic E-state index is 0.246. The molecule has 0 aliphatic carbocycles. The fourth-order valence-corrected chi connectivity index (χ4v) is 0.897. The summed E-state index contributed by atoms with van der Waals surface area (Å²) in [5.41, 5.74) is 6.07. The number of hydrogen-bond donors (Lipinski definition) is 2. The first kappa shape index (κ1) is 6.67. The highest BCUT2D eigenvalue weighted by molar-refractivity contribution is 14.1. The highest BCUT2D eigenvalue weighted by Gasteiger charge is 1.97. The third-order valence-electron chi connectivity index (χ3n) is 1.01. The number of phenolic OH excluding ortho intramolecular Hbond substituents is 1. The standard InChI is InChI=1S/C6H6INO/c7-6-4(8)2-1-3-5(6)9/h1-3,9H,8H2.